The summed E-state index contributed by atoms with van der Waals surface area (Å²) in [5.41, 5.74) is 4.25. The Morgan fingerprint density at radius 3 is 2.16 bits per heavy atom. The molecule has 3 aliphatic rings. The van der Waals surface area contributed by atoms with Crippen LogP contribution in [0.3, 0.4) is 0 Å². The summed E-state index contributed by atoms with van der Waals surface area (Å²) < 4.78 is 0. The molecule has 0 aromatic heterocycles. The van der Waals surface area contributed by atoms with E-state index in [1.54, 1.807) is 0 Å². The van der Waals surface area contributed by atoms with Gasteiger partial charge >= 0.3 is 5.97 Å². The number of hydrogen-bond donors (Lipinski definition) is 2. The van der Waals surface area contributed by atoms with Crippen LogP contribution in [0.2, 0.25) is 0 Å². The standard InChI is InChI=1S/C32H42N2O3/c1-23-7-6-21-34(23)22-18-24-10-12-25(13-11-24)26-14-16-27(17-15-26)32(19-4-5-20-32)31(37)33-29-9-3-2-8-28(29)30(35)36/h10-17,23,28-29H,2-9,18-22H2,1H3,(H,33,37)(H,35,36)/t23-,28?,29?/m1/s1. The smallest absolute Gasteiger partial charge is 0.308 e. The number of likely N-dealkylation sites (tertiary alicyclic amines) is 1. The maximum atomic E-state index is 13.7. The van der Waals surface area contributed by atoms with E-state index < -0.39 is 17.3 Å². The van der Waals surface area contributed by atoms with Crippen LogP contribution in [0.4, 0.5) is 0 Å². The lowest BCUT2D eigenvalue weighted by molar-refractivity contribution is -0.144. The van der Waals surface area contributed by atoms with Gasteiger partial charge in [0, 0.05) is 18.6 Å². The van der Waals surface area contributed by atoms with E-state index in [-0.39, 0.29) is 11.9 Å². The zero-order valence-electron chi connectivity index (χ0n) is 22.3. The van der Waals surface area contributed by atoms with Crippen molar-refractivity contribution in [3.63, 3.8) is 0 Å². The molecule has 198 valence electrons. The van der Waals surface area contributed by atoms with E-state index in [1.807, 2.05) is 0 Å². The first-order chi connectivity index (χ1) is 18.0. The van der Waals surface area contributed by atoms with E-state index in [2.05, 4.69) is 65.7 Å². The molecular weight excluding hydrogens is 460 g/mol. The average molecular weight is 503 g/mol. The molecular formula is C32H42N2O3. The number of hydrogen-bond acceptors (Lipinski definition) is 3. The highest BCUT2D eigenvalue weighted by atomic mass is 16.4. The van der Waals surface area contributed by atoms with Crippen molar-refractivity contribution in [1.82, 2.24) is 10.2 Å². The van der Waals surface area contributed by atoms with Crippen LogP contribution in [-0.2, 0) is 21.4 Å². The van der Waals surface area contributed by atoms with Gasteiger partial charge in [0.15, 0.2) is 0 Å². The molecule has 1 heterocycles. The molecule has 5 heteroatoms. The number of carboxylic acids is 1. The van der Waals surface area contributed by atoms with Gasteiger partial charge in [0.2, 0.25) is 5.91 Å². The topological polar surface area (TPSA) is 69.6 Å². The molecule has 1 amide bonds. The molecule has 2 N–H and O–H groups in total. The molecule has 2 aliphatic carbocycles. The van der Waals surface area contributed by atoms with Gasteiger partial charge in [0.05, 0.1) is 11.3 Å². The fraction of sp³-hybridized carbons (Fsp3) is 0.562. The summed E-state index contributed by atoms with van der Waals surface area (Å²) in [6.45, 7) is 4.70. The molecule has 3 atom stereocenters. The Bertz CT molecular complexity index is 1070. The first-order valence-electron chi connectivity index (χ1n) is 14.4. The molecule has 5 nitrogen and oxygen atoms in total. The molecule has 2 unspecified atom stereocenters. The molecule has 0 spiro atoms. The van der Waals surface area contributed by atoms with E-state index >= 15 is 0 Å². The maximum Gasteiger partial charge on any atom is 0.308 e. The number of carbonyl (C=O) groups excluding carboxylic acids is 1. The van der Waals surface area contributed by atoms with Crippen molar-refractivity contribution in [3.8, 4) is 11.1 Å². The number of nitrogens with one attached hydrogen (secondary N) is 1. The van der Waals surface area contributed by atoms with Crippen molar-refractivity contribution in [1.29, 1.82) is 0 Å². The summed E-state index contributed by atoms with van der Waals surface area (Å²) in [5, 5.41) is 12.9. The van der Waals surface area contributed by atoms with Gasteiger partial charge in [-0.2, -0.15) is 0 Å². The lowest BCUT2D eigenvalue weighted by Crippen LogP contribution is -2.51. The summed E-state index contributed by atoms with van der Waals surface area (Å²) in [5.74, 6) is -1.24. The minimum Gasteiger partial charge on any atom is -0.481 e. The lowest BCUT2D eigenvalue weighted by atomic mass is 9.76. The van der Waals surface area contributed by atoms with Crippen molar-refractivity contribution in [3.05, 3.63) is 59.7 Å². The van der Waals surface area contributed by atoms with Crippen molar-refractivity contribution in [2.45, 2.75) is 95.1 Å². The van der Waals surface area contributed by atoms with Crippen LogP contribution in [0.5, 0.6) is 0 Å². The molecule has 2 aromatic rings. The largest absolute Gasteiger partial charge is 0.481 e. The SMILES string of the molecule is C[C@@H]1CCCN1CCc1ccc(-c2ccc(C3(C(=O)NC4CCCCC4C(=O)O)CCCC3)cc2)cc1. The van der Waals surface area contributed by atoms with E-state index in [9.17, 15) is 14.7 Å². The van der Waals surface area contributed by atoms with Crippen LogP contribution in [0.15, 0.2) is 48.5 Å². The highest BCUT2D eigenvalue weighted by Gasteiger charge is 2.44. The molecule has 37 heavy (non-hydrogen) atoms. The molecule has 5 rings (SSSR count). The van der Waals surface area contributed by atoms with E-state index in [0.717, 1.165) is 69.0 Å². The maximum absolute atomic E-state index is 13.7. The highest BCUT2D eigenvalue weighted by molar-refractivity contribution is 5.89. The number of rotatable bonds is 8. The summed E-state index contributed by atoms with van der Waals surface area (Å²) in [4.78, 5) is 28.0. The van der Waals surface area contributed by atoms with Crippen LogP contribution in [0, 0.1) is 5.92 Å². The fourth-order valence-electron chi connectivity index (χ4n) is 6.97. The first-order valence-corrected chi connectivity index (χ1v) is 14.4. The van der Waals surface area contributed by atoms with Crippen molar-refractivity contribution >= 4 is 11.9 Å². The second kappa shape index (κ2) is 11.4. The number of aliphatic carboxylic acids is 1. The monoisotopic (exact) mass is 502 g/mol. The van der Waals surface area contributed by atoms with Crippen LogP contribution in [0.1, 0.15) is 82.3 Å². The molecule has 1 saturated heterocycles. The summed E-state index contributed by atoms with van der Waals surface area (Å²) >= 11 is 0. The normalized spacial score (nSPS) is 25.7. The van der Waals surface area contributed by atoms with Gasteiger partial charge in [-0.25, -0.2) is 0 Å². The highest BCUT2D eigenvalue weighted by Crippen LogP contribution is 2.42. The molecule has 0 bridgehead atoms. The van der Waals surface area contributed by atoms with Gasteiger partial charge in [0.1, 0.15) is 0 Å². The third kappa shape index (κ3) is 5.62. The van der Waals surface area contributed by atoms with Gasteiger partial charge in [-0.3, -0.25) is 9.59 Å². The Kier molecular flexibility index (Phi) is 7.99. The molecule has 2 saturated carbocycles. The number of amides is 1. The Morgan fingerprint density at radius 1 is 0.892 bits per heavy atom. The number of nitrogens with zero attached hydrogens (tertiary/aromatic N) is 1. The molecule has 2 aromatic carbocycles. The van der Waals surface area contributed by atoms with E-state index in [1.165, 1.54) is 30.5 Å². The Morgan fingerprint density at radius 2 is 1.54 bits per heavy atom. The Hall–Kier alpha value is -2.66. The van der Waals surface area contributed by atoms with Crippen molar-refractivity contribution in [2.24, 2.45) is 5.92 Å². The summed E-state index contributed by atoms with van der Waals surface area (Å²) in [6, 6.07) is 17.9. The average Bonchev–Trinajstić information content (AvgIpc) is 3.58. The number of carboxylic acid groups (broad SMARTS) is 1. The second-order valence-corrected chi connectivity index (χ2v) is 11.6. The van der Waals surface area contributed by atoms with Crippen LogP contribution in [0.25, 0.3) is 11.1 Å². The zero-order valence-corrected chi connectivity index (χ0v) is 22.3. The number of carbonyl (C=O) groups is 2. The number of benzene rings is 2. The van der Waals surface area contributed by atoms with Gasteiger partial charge in [-0.15, -0.1) is 0 Å². The van der Waals surface area contributed by atoms with Gasteiger partial charge in [0.25, 0.3) is 0 Å². The van der Waals surface area contributed by atoms with E-state index in [4.69, 9.17) is 0 Å². The predicted molar refractivity (Wildman–Crippen MR) is 148 cm³/mol. The van der Waals surface area contributed by atoms with Gasteiger partial charge in [-0.05, 0) is 80.7 Å². The fourth-order valence-corrected chi connectivity index (χ4v) is 6.97. The minimum atomic E-state index is -0.786. The minimum absolute atomic E-state index is 0.0209. The first kappa shape index (κ1) is 26.0. The van der Waals surface area contributed by atoms with E-state index in [0.29, 0.717) is 12.5 Å². The second-order valence-electron chi connectivity index (χ2n) is 11.6. The third-order valence-corrected chi connectivity index (χ3v) is 9.39. The van der Waals surface area contributed by atoms with Crippen LogP contribution < -0.4 is 5.32 Å². The van der Waals surface area contributed by atoms with Gasteiger partial charge < -0.3 is 15.3 Å². The van der Waals surface area contributed by atoms with Crippen molar-refractivity contribution in [2.75, 3.05) is 13.1 Å². The zero-order chi connectivity index (χ0) is 25.8. The predicted octanol–water partition coefficient (Wildman–Crippen LogP) is 5.95. The van der Waals surface area contributed by atoms with Crippen LogP contribution in [-0.4, -0.2) is 47.1 Å². The molecule has 0 radical (unpaired) electrons. The molecule has 1 aliphatic heterocycles. The van der Waals surface area contributed by atoms with Crippen LogP contribution >= 0.6 is 0 Å². The lowest BCUT2D eigenvalue weighted by Gasteiger charge is -2.34. The Balaban J connectivity index is 1.26. The summed E-state index contributed by atoms with van der Waals surface area (Å²) in [7, 11) is 0. The van der Waals surface area contributed by atoms with Crippen molar-refractivity contribution < 1.29 is 14.7 Å². The van der Waals surface area contributed by atoms with Gasteiger partial charge in [-0.1, -0.05) is 74.2 Å². The summed E-state index contributed by atoms with van der Waals surface area (Å²) in [6.07, 6.45) is 10.7. The quantitative estimate of drug-likeness (QED) is 0.468. The molecule has 3 fully saturated rings. The third-order valence-electron chi connectivity index (χ3n) is 9.39. The Labute approximate surface area is 221 Å².